The minimum Gasteiger partial charge on any atom is -0.303 e. The van der Waals surface area contributed by atoms with Gasteiger partial charge in [0.1, 0.15) is 0 Å². The van der Waals surface area contributed by atoms with Crippen LogP contribution in [0.5, 0.6) is 0 Å². The third-order valence-corrected chi connectivity index (χ3v) is 4.84. The van der Waals surface area contributed by atoms with Gasteiger partial charge in [0.15, 0.2) is 0 Å². The molecule has 1 aliphatic heterocycles. The van der Waals surface area contributed by atoms with Crippen LogP contribution in [0.3, 0.4) is 0 Å². The molecule has 1 nitrogen and oxygen atoms in total. The Bertz CT molecular complexity index is 189. The van der Waals surface area contributed by atoms with Crippen molar-refractivity contribution in [3.05, 3.63) is 0 Å². The van der Waals surface area contributed by atoms with E-state index in [0.29, 0.717) is 5.41 Å². The van der Waals surface area contributed by atoms with E-state index in [9.17, 15) is 0 Å². The third kappa shape index (κ3) is 3.96. The molecule has 0 spiro atoms. The summed E-state index contributed by atoms with van der Waals surface area (Å²) in [5.41, 5.74) is 0.646. The highest BCUT2D eigenvalue weighted by Gasteiger charge is 2.34. The molecule has 1 saturated heterocycles. The summed E-state index contributed by atoms with van der Waals surface area (Å²) < 4.78 is 0. The van der Waals surface area contributed by atoms with Crippen molar-refractivity contribution in [2.45, 2.75) is 52.9 Å². The van der Waals surface area contributed by atoms with Gasteiger partial charge >= 0.3 is 0 Å². The van der Waals surface area contributed by atoms with Crippen LogP contribution in [-0.4, -0.2) is 30.3 Å². The van der Waals surface area contributed by atoms with Crippen molar-refractivity contribution in [3.63, 3.8) is 0 Å². The zero-order valence-corrected chi connectivity index (χ0v) is 12.2. The summed E-state index contributed by atoms with van der Waals surface area (Å²) in [6.07, 6.45) is 6.74. The number of likely N-dealkylation sites (tertiary alicyclic amines) is 1. The predicted octanol–water partition coefficient (Wildman–Crippen LogP) is 3.84. The van der Waals surface area contributed by atoms with E-state index in [2.05, 4.69) is 38.3 Å². The first-order valence-electron chi connectivity index (χ1n) is 6.99. The van der Waals surface area contributed by atoms with Crippen LogP contribution in [-0.2, 0) is 0 Å². The lowest BCUT2D eigenvalue weighted by Gasteiger charge is -2.27. The van der Waals surface area contributed by atoms with Crippen molar-refractivity contribution < 1.29 is 0 Å². The number of nitrogens with zero attached hydrogens (tertiary/aromatic N) is 1. The lowest BCUT2D eigenvalue weighted by Crippen LogP contribution is -2.28. The molecule has 0 amide bonds. The fourth-order valence-electron chi connectivity index (χ4n) is 2.81. The van der Waals surface area contributed by atoms with Crippen molar-refractivity contribution >= 4 is 12.6 Å². The molecule has 2 heteroatoms. The highest BCUT2D eigenvalue weighted by molar-refractivity contribution is 7.80. The van der Waals surface area contributed by atoms with E-state index < -0.39 is 0 Å². The molecule has 16 heavy (non-hydrogen) atoms. The van der Waals surface area contributed by atoms with Crippen molar-refractivity contribution in [1.82, 2.24) is 4.90 Å². The Morgan fingerprint density at radius 1 is 1.25 bits per heavy atom. The first-order valence-corrected chi connectivity index (χ1v) is 7.62. The molecule has 1 fully saturated rings. The second-order valence-electron chi connectivity index (χ2n) is 5.64. The molecule has 0 aliphatic carbocycles. The SMILES string of the molecule is CCC1(CC)CCN(CCC(C)CCS)C1. The number of rotatable bonds is 7. The first-order chi connectivity index (χ1) is 7.65. The van der Waals surface area contributed by atoms with Crippen molar-refractivity contribution in [2.24, 2.45) is 11.3 Å². The van der Waals surface area contributed by atoms with E-state index in [1.807, 2.05) is 0 Å². The summed E-state index contributed by atoms with van der Waals surface area (Å²) in [6.45, 7) is 11.0. The van der Waals surface area contributed by atoms with Crippen molar-refractivity contribution in [1.29, 1.82) is 0 Å². The molecule has 1 heterocycles. The van der Waals surface area contributed by atoms with Gasteiger partial charge in [-0.2, -0.15) is 12.6 Å². The number of hydrogen-bond acceptors (Lipinski definition) is 2. The summed E-state index contributed by atoms with van der Waals surface area (Å²) in [4.78, 5) is 2.68. The van der Waals surface area contributed by atoms with E-state index in [4.69, 9.17) is 0 Å². The van der Waals surface area contributed by atoms with Crippen LogP contribution >= 0.6 is 12.6 Å². The van der Waals surface area contributed by atoms with Crippen LogP contribution in [0.4, 0.5) is 0 Å². The minimum absolute atomic E-state index is 0.646. The van der Waals surface area contributed by atoms with Crippen molar-refractivity contribution in [2.75, 3.05) is 25.4 Å². The Morgan fingerprint density at radius 3 is 2.44 bits per heavy atom. The van der Waals surface area contributed by atoms with E-state index in [0.717, 1.165) is 11.7 Å². The van der Waals surface area contributed by atoms with Gasteiger partial charge in [-0.05, 0) is 62.3 Å². The standard InChI is InChI=1S/C14H29NS/c1-4-14(5-2)8-10-15(12-14)9-6-13(3)7-11-16/h13,16H,4-12H2,1-3H3. The molecule has 96 valence electrons. The second-order valence-corrected chi connectivity index (χ2v) is 6.09. The lowest BCUT2D eigenvalue weighted by atomic mass is 9.82. The summed E-state index contributed by atoms with van der Waals surface area (Å²) in [5, 5.41) is 0. The fraction of sp³-hybridized carbons (Fsp3) is 1.00. The third-order valence-electron chi connectivity index (χ3n) is 4.58. The maximum atomic E-state index is 4.31. The summed E-state index contributed by atoms with van der Waals surface area (Å²) >= 11 is 4.31. The molecule has 0 radical (unpaired) electrons. The molecule has 1 aliphatic rings. The molecule has 0 aromatic rings. The fourth-order valence-corrected chi connectivity index (χ4v) is 3.25. The van der Waals surface area contributed by atoms with Gasteiger partial charge in [-0.1, -0.05) is 20.8 Å². The summed E-state index contributed by atoms with van der Waals surface area (Å²) in [6, 6.07) is 0. The molecular weight excluding hydrogens is 214 g/mol. The Kier molecular flexibility index (Phi) is 6.20. The zero-order chi connectivity index (χ0) is 12.0. The van der Waals surface area contributed by atoms with Gasteiger partial charge in [-0.15, -0.1) is 0 Å². The molecule has 0 saturated carbocycles. The minimum atomic E-state index is 0.646. The van der Waals surface area contributed by atoms with Crippen LogP contribution in [0.25, 0.3) is 0 Å². The molecule has 0 N–H and O–H groups in total. The van der Waals surface area contributed by atoms with Crippen molar-refractivity contribution in [3.8, 4) is 0 Å². The maximum absolute atomic E-state index is 4.31. The molecule has 0 bridgehead atoms. The first kappa shape index (κ1) is 14.4. The number of hydrogen-bond donors (Lipinski definition) is 1. The van der Waals surface area contributed by atoms with E-state index in [1.54, 1.807) is 0 Å². The molecule has 1 rings (SSSR count). The van der Waals surface area contributed by atoms with Gasteiger partial charge in [0.2, 0.25) is 0 Å². The van der Waals surface area contributed by atoms with Crippen LogP contribution < -0.4 is 0 Å². The van der Waals surface area contributed by atoms with Gasteiger partial charge in [0.25, 0.3) is 0 Å². The summed E-state index contributed by atoms with van der Waals surface area (Å²) in [7, 11) is 0. The molecule has 1 unspecified atom stereocenters. The topological polar surface area (TPSA) is 3.24 Å². The summed E-state index contributed by atoms with van der Waals surface area (Å²) in [5.74, 6) is 1.88. The van der Waals surface area contributed by atoms with Crippen LogP contribution in [0.1, 0.15) is 52.9 Å². The normalized spacial score (nSPS) is 22.5. The van der Waals surface area contributed by atoms with Gasteiger partial charge in [0.05, 0.1) is 0 Å². The average Bonchev–Trinajstić information content (AvgIpc) is 2.71. The van der Waals surface area contributed by atoms with E-state index in [-0.39, 0.29) is 0 Å². The van der Waals surface area contributed by atoms with Gasteiger partial charge in [-0.3, -0.25) is 0 Å². The second kappa shape index (κ2) is 6.90. The molecular formula is C14H29NS. The molecule has 0 aromatic carbocycles. The van der Waals surface area contributed by atoms with Gasteiger partial charge in [0, 0.05) is 6.54 Å². The quantitative estimate of drug-likeness (QED) is 0.665. The van der Waals surface area contributed by atoms with Gasteiger partial charge in [-0.25, -0.2) is 0 Å². The highest BCUT2D eigenvalue weighted by atomic mass is 32.1. The van der Waals surface area contributed by atoms with Crippen LogP contribution in [0, 0.1) is 11.3 Å². The number of thiol groups is 1. The average molecular weight is 243 g/mol. The highest BCUT2D eigenvalue weighted by Crippen LogP contribution is 2.37. The Labute approximate surface area is 107 Å². The predicted molar refractivity (Wildman–Crippen MR) is 76.3 cm³/mol. The van der Waals surface area contributed by atoms with Crippen LogP contribution in [0.2, 0.25) is 0 Å². The Hall–Kier alpha value is 0.310. The zero-order valence-electron chi connectivity index (χ0n) is 11.3. The Morgan fingerprint density at radius 2 is 1.94 bits per heavy atom. The maximum Gasteiger partial charge on any atom is 0.00382 e. The molecule has 0 aromatic heterocycles. The molecule has 1 atom stereocenters. The van der Waals surface area contributed by atoms with E-state index >= 15 is 0 Å². The van der Waals surface area contributed by atoms with Gasteiger partial charge < -0.3 is 4.90 Å². The lowest BCUT2D eigenvalue weighted by molar-refractivity contribution is 0.231. The van der Waals surface area contributed by atoms with Crippen LogP contribution in [0.15, 0.2) is 0 Å². The van der Waals surface area contributed by atoms with E-state index in [1.165, 1.54) is 51.7 Å². The Balaban J connectivity index is 2.26. The monoisotopic (exact) mass is 243 g/mol. The largest absolute Gasteiger partial charge is 0.303 e. The smallest absolute Gasteiger partial charge is 0.00382 e.